The van der Waals surface area contributed by atoms with Gasteiger partial charge in [0.25, 0.3) is 0 Å². The molecule has 1 aromatic carbocycles. The molecule has 0 aromatic heterocycles. The molecule has 1 unspecified atom stereocenters. The van der Waals surface area contributed by atoms with Gasteiger partial charge in [0.2, 0.25) is 5.91 Å². The maximum Gasteiger partial charge on any atom is 0.306 e. The number of methoxy groups -OCH3 is 2. The molecular weight excluding hydrogens is 258 g/mol. The van der Waals surface area contributed by atoms with E-state index in [-0.39, 0.29) is 30.8 Å². The molecular formula is C15H19NO4. The van der Waals surface area contributed by atoms with Gasteiger partial charge in [-0.1, -0.05) is 18.2 Å². The summed E-state index contributed by atoms with van der Waals surface area (Å²) in [7, 11) is 3.00. The molecule has 1 heterocycles. The SMILES string of the molecule is COC(=O)CCC(=O)N1CCC(OC)c2ccccc21. The fourth-order valence-corrected chi connectivity index (χ4v) is 2.48. The van der Waals surface area contributed by atoms with Crippen molar-refractivity contribution in [3.8, 4) is 0 Å². The highest BCUT2D eigenvalue weighted by Gasteiger charge is 2.28. The van der Waals surface area contributed by atoms with Gasteiger partial charge in [0.05, 0.1) is 19.6 Å². The number of nitrogens with zero attached hydrogens (tertiary/aromatic N) is 1. The van der Waals surface area contributed by atoms with Gasteiger partial charge in [-0.05, 0) is 12.5 Å². The third kappa shape index (κ3) is 2.99. The summed E-state index contributed by atoms with van der Waals surface area (Å²) in [6.45, 7) is 0.607. The monoisotopic (exact) mass is 277 g/mol. The molecule has 5 nitrogen and oxygen atoms in total. The summed E-state index contributed by atoms with van der Waals surface area (Å²) >= 11 is 0. The Bertz CT molecular complexity index is 500. The third-order valence-corrected chi connectivity index (χ3v) is 3.55. The normalized spacial score (nSPS) is 17.5. The number of fused-ring (bicyclic) bond motifs is 1. The highest BCUT2D eigenvalue weighted by atomic mass is 16.5. The van der Waals surface area contributed by atoms with Crippen LogP contribution in [0.5, 0.6) is 0 Å². The van der Waals surface area contributed by atoms with Crippen molar-refractivity contribution < 1.29 is 19.1 Å². The Kier molecular flexibility index (Phi) is 4.74. The minimum absolute atomic E-state index is 0.0239. The first kappa shape index (κ1) is 14.5. The summed E-state index contributed by atoms with van der Waals surface area (Å²) in [4.78, 5) is 25.1. The fraction of sp³-hybridized carbons (Fsp3) is 0.467. The lowest BCUT2D eigenvalue weighted by molar-refractivity contribution is -0.141. The van der Waals surface area contributed by atoms with E-state index in [0.717, 1.165) is 17.7 Å². The Morgan fingerprint density at radius 1 is 1.25 bits per heavy atom. The average molecular weight is 277 g/mol. The summed E-state index contributed by atoms with van der Waals surface area (Å²) in [5.74, 6) is -0.421. The van der Waals surface area contributed by atoms with Crippen molar-refractivity contribution in [3.63, 3.8) is 0 Å². The standard InChI is InChI=1S/C15H19NO4/c1-19-13-9-10-16(12-6-4-3-5-11(12)13)14(17)7-8-15(18)20-2/h3-6,13H,7-10H2,1-2H3. The van der Waals surface area contributed by atoms with Crippen molar-refractivity contribution in [3.05, 3.63) is 29.8 Å². The zero-order chi connectivity index (χ0) is 14.5. The van der Waals surface area contributed by atoms with Gasteiger partial charge in [0.1, 0.15) is 0 Å². The fourth-order valence-electron chi connectivity index (χ4n) is 2.48. The van der Waals surface area contributed by atoms with Gasteiger partial charge in [-0.2, -0.15) is 0 Å². The zero-order valence-corrected chi connectivity index (χ0v) is 11.8. The summed E-state index contributed by atoms with van der Waals surface area (Å²) < 4.78 is 10.0. The van der Waals surface area contributed by atoms with Crippen molar-refractivity contribution in [1.82, 2.24) is 0 Å². The van der Waals surface area contributed by atoms with Gasteiger partial charge in [0, 0.05) is 31.3 Å². The van der Waals surface area contributed by atoms with Crippen LogP contribution in [0.15, 0.2) is 24.3 Å². The highest BCUT2D eigenvalue weighted by molar-refractivity contribution is 5.96. The molecule has 1 aliphatic rings. The number of amides is 1. The van der Waals surface area contributed by atoms with Crippen molar-refractivity contribution >= 4 is 17.6 Å². The number of anilines is 1. The molecule has 1 aromatic rings. The van der Waals surface area contributed by atoms with Crippen LogP contribution in [-0.2, 0) is 19.1 Å². The van der Waals surface area contributed by atoms with E-state index >= 15 is 0 Å². The molecule has 0 bridgehead atoms. The predicted molar refractivity (Wildman–Crippen MR) is 74.4 cm³/mol. The number of hydrogen-bond donors (Lipinski definition) is 0. The van der Waals surface area contributed by atoms with E-state index in [0.29, 0.717) is 6.54 Å². The number of hydrogen-bond acceptors (Lipinski definition) is 4. The van der Waals surface area contributed by atoms with Crippen molar-refractivity contribution in [2.24, 2.45) is 0 Å². The Hall–Kier alpha value is -1.88. The average Bonchev–Trinajstić information content (AvgIpc) is 2.51. The molecule has 0 saturated carbocycles. The lowest BCUT2D eigenvalue weighted by Crippen LogP contribution is -2.37. The Morgan fingerprint density at radius 3 is 2.70 bits per heavy atom. The minimum atomic E-state index is -0.363. The first-order valence-corrected chi connectivity index (χ1v) is 6.66. The largest absolute Gasteiger partial charge is 0.469 e. The van der Waals surface area contributed by atoms with Crippen LogP contribution >= 0.6 is 0 Å². The quantitative estimate of drug-likeness (QED) is 0.791. The number of carbonyl (C=O) groups is 2. The molecule has 20 heavy (non-hydrogen) atoms. The van der Waals surface area contributed by atoms with Crippen molar-refractivity contribution in [2.45, 2.75) is 25.4 Å². The molecule has 1 atom stereocenters. The number of ether oxygens (including phenoxy) is 2. The Balaban J connectivity index is 2.13. The topological polar surface area (TPSA) is 55.8 Å². The lowest BCUT2D eigenvalue weighted by Gasteiger charge is -2.33. The Labute approximate surface area is 118 Å². The van der Waals surface area contributed by atoms with Gasteiger partial charge in [0.15, 0.2) is 0 Å². The number of benzene rings is 1. The van der Waals surface area contributed by atoms with Crippen LogP contribution in [0.4, 0.5) is 5.69 Å². The van der Waals surface area contributed by atoms with Crippen LogP contribution in [0.3, 0.4) is 0 Å². The second kappa shape index (κ2) is 6.52. The summed E-state index contributed by atoms with van der Waals surface area (Å²) in [5, 5.41) is 0. The molecule has 0 fully saturated rings. The highest BCUT2D eigenvalue weighted by Crippen LogP contribution is 2.35. The first-order valence-electron chi connectivity index (χ1n) is 6.66. The maximum atomic E-state index is 12.3. The Morgan fingerprint density at radius 2 is 2.00 bits per heavy atom. The smallest absolute Gasteiger partial charge is 0.306 e. The lowest BCUT2D eigenvalue weighted by atomic mass is 9.98. The first-order chi connectivity index (χ1) is 9.67. The van der Waals surface area contributed by atoms with Crippen LogP contribution in [0.1, 0.15) is 30.9 Å². The summed E-state index contributed by atoms with van der Waals surface area (Å²) in [6.07, 6.45) is 1.06. The predicted octanol–water partition coefficient (Wildman–Crippen LogP) is 2.06. The molecule has 1 amide bonds. The van der Waals surface area contributed by atoms with Crippen LogP contribution in [0.2, 0.25) is 0 Å². The van der Waals surface area contributed by atoms with Gasteiger partial charge in [-0.25, -0.2) is 0 Å². The van der Waals surface area contributed by atoms with E-state index in [1.165, 1.54) is 7.11 Å². The van der Waals surface area contributed by atoms with Gasteiger partial charge < -0.3 is 14.4 Å². The number of para-hydroxylation sites is 1. The van der Waals surface area contributed by atoms with Crippen molar-refractivity contribution in [2.75, 3.05) is 25.7 Å². The van der Waals surface area contributed by atoms with Gasteiger partial charge >= 0.3 is 5.97 Å². The molecule has 0 aliphatic carbocycles. The molecule has 0 N–H and O–H groups in total. The van der Waals surface area contributed by atoms with Crippen LogP contribution < -0.4 is 4.90 Å². The number of esters is 1. The second-order valence-electron chi connectivity index (χ2n) is 4.69. The van der Waals surface area contributed by atoms with Crippen LogP contribution in [0.25, 0.3) is 0 Å². The summed E-state index contributed by atoms with van der Waals surface area (Å²) in [6, 6.07) is 7.73. The minimum Gasteiger partial charge on any atom is -0.469 e. The molecule has 0 saturated heterocycles. The number of rotatable bonds is 4. The summed E-state index contributed by atoms with van der Waals surface area (Å²) in [5.41, 5.74) is 1.90. The van der Waals surface area contributed by atoms with Gasteiger partial charge in [-0.3, -0.25) is 9.59 Å². The van der Waals surface area contributed by atoms with E-state index in [1.54, 1.807) is 12.0 Å². The molecule has 5 heteroatoms. The van der Waals surface area contributed by atoms with Gasteiger partial charge in [-0.15, -0.1) is 0 Å². The zero-order valence-electron chi connectivity index (χ0n) is 11.8. The molecule has 0 spiro atoms. The molecule has 108 valence electrons. The molecule has 0 radical (unpaired) electrons. The maximum absolute atomic E-state index is 12.3. The molecule has 1 aliphatic heterocycles. The third-order valence-electron chi connectivity index (χ3n) is 3.55. The van der Waals surface area contributed by atoms with E-state index < -0.39 is 0 Å². The van der Waals surface area contributed by atoms with E-state index in [1.807, 2.05) is 24.3 Å². The van der Waals surface area contributed by atoms with Crippen molar-refractivity contribution in [1.29, 1.82) is 0 Å². The second-order valence-corrected chi connectivity index (χ2v) is 4.69. The van der Waals surface area contributed by atoms with Crippen LogP contribution in [0, 0.1) is 0 Å². The van der Waals surface area contributed by atoms with E-state index in [9.17, 15) is 9.59 Å². The van der Waals surface area contributed by atoms with E-state index in [4.69, 9.17) is 4.74 Å². The molecule has 2 rings (SSSR count). The van der Waals surface area contributed by atoms with Crippen LogP contribution in [-0.4, -0.2) is 32.6 Å². The number of carbonyl (C=O) groups excluding carboxylic acids is 2. The van der Waals surface area contributed by atoms with E-state index in [2.05, 4.69) is 4.74 Å².